The molecule has 0 N–H and O–H groups in total. The number of hydrogen-bond donors (Lipinski definition) is 0. The van der Waals surface area contributed by atoms with E-state index in [2.05, 4.69) is 14.7 Å². The third-order valence-electron chi connectivity index (χ3n) is 2.31. The molecule has 0 saturated heterocycles. The fourth-order valence-electron chi connectivity index (χ4n) is 1.48. The van der Waals surface area contributed by atoms with Crippen molar-refractivity contribution in [2.24, 2.45) is 0 Å². The van der Waals surface area contributed by atoms with Gasteiger partial charge in [0.05, 0.1) is 25.3 Å². The van der Waals surface area contributed by atoms with E-state index in [9.17, 15) is 4.79 Å². The second kappa shape index (κ2) is 4.96. The molecule has 0 radical (unpaired) electrons. The van der Waals surface area contributed by atoms with Crippen molar-refractivity contribution in [2.45, 2.75) is 0 Å². The first-order valence-corrected chi connectivity index (χ1v) is 5.61. The number of esters is 1. The van der Waals surface area contributed by atoms with Crippen LogP contribution >= 0.6 is 23.2 Å². The number of methoxy groups -OCH3 is 2. The summed E-state index contributed by atoms with van der Waals surface area (Å²) in [5.74, 6) is -0.191. The minimum Gasteiger partial charge on any atom is -0.496 e. The largest absolute Gasteiger partial charge is 0.496 e. The monoisotopic (exact) mass is 286 g/mol. The minimum absolute atomic E-state index is 0.0742. The minimum atomic E-state index is -0.526. The van der Waals surface area contributed by atoms with Gasteiger partial charge in [-0.15, -0.1) is 0 Å². The van der Waals surface area contributed by atoms with Gasteiger partial charge in [-0.25, -0.2) is 14.8 Å². The smallest absolute Gasteiger partial charge is 0.341 e. The summed E-state index contributed by atoms with van der Waals surface area (Å²) in [6, 6.07) is 3.05. The zero-order valence-electron chi connectivity index (χ0n) is 9.53. The first-order chi connectivity index (χ1) is 8.56. The van der Waals surface area contributed by atoms with Gasteiger partial charge in [0.15, 0.2) is 10.3 Å². The molecule has 0 spiro atoms. The normalized spacial score (nSPS) is 10.4. The van der Waals surface area contributed by atoms with E-state index >= 15 is 0 Å². The fraction of sp³-hybridized carbons (Fsp3) is 0.182. The van der Waals surface area contributed by atoms with Crippen molar-refractivity contribution in [1.82, 2.24) is 9.97 Å². The number of benzene rings is 1. The molecule has 0 bridgehead atoms. The van der Waals surface area contributed by atoms with Crippen LogP contribution in [0.15, 0.2) is 12.1 Å². The highest BCUT2D eigenvalue weighted by molar-refractivity contribution is 6.40. The molecule has 0 amide bonds. The zero-order chi connectivity index (χ0) is 13.3. The standard InChI is InChI=1S/C11H8Cl2N2O3/c1-17-8-4-7-6(3-5(8)11(16)18-2)14-9(12)10(13)15-7/h3-4H,1-2H3. The Bertz CT molecular complexity index is 631. The predicted molar refractivity (Wildman–Crippen MR) is 67.4 cm³/mol. The lowest BCUT2D eigenvalue weighted by molar-refractivity contribution is 0.0597. The van der Waals surface area contributed by atoms with Crippen LogP contribution in [0.3, 0.4) is 0 Å². The van der Waals surface area contributed by atoms with Crippen LogP contribution in [0.5, 0.6) is 5.75 Å². The Morgan fingerprint density at radius 1 is 1.11 bits per heavy atom. The highest BCUT2D eigenvalue weighted by Crippen LogP contribution is 2.27. The van der Waals surface area contributed by atoms with Crippen LogP contribution in [0.2, 0.25) is 10.3 Å². The van der Waals surface area contributed by atoms with E-state index < -0.39 is 5.97 Å². The summed E-state index contributed by atoms with van der Waals surface area (Å²) in [4.78, 5) is 19.7. The lowest BCUT2D eigenvalue weighted by atomic mass is 10.1. The maximum Gasteiger partial charge on any atom is 0.341 e. The molecule has 1 aromatic heterocycles. The van der Waals surface area contributed by atoms with E-state index in [0.29, 0.717) is 16.8 Å². The van der Waals surface area contributed by atoms with E-state index in [4.69, 9.17) is 27.9 Å². The number of hydrogen-bond acceptors (Lipinski definition) is 5. The summed E-state index contributed by atoms with van der Waals surface area (Å²) in [6.45, 7) is 0. The highest BCUT2D eigenvalue weighted by atomic mass is 35.5. The molecule has 0 saturated carbocycles. The van der Waals surface area contributed by atoms with Gasteiger partial charge >= 0.3 is 5.97 Å². The number of rotatable bonds is 2. The molecular weight excluding hydrogens is 279 g/mol. The summed E-state index contributed by atoms with van der Waals surface area (Å²) in [5, 5.41) is 0.169. The van der Waals surface area contributed by atoms with Crippen molar-refractivity contribution in [2.75, 3.05) is 14.2 Å². The van der Waals surface area contributed by atoms with Crippen LogP contribution in [0.25, 0.3) is 11.0 Å². The summed E-state index contributed by atoms with van der Waals surface area (Å²) >= 11 is 11.5. The van der Waals surface area contributed by atoms with Crippen LogP contribution in [0.4, 0.5) is 0 Å². The molecule has 0 aliphatic rings. The van der Waals surface area contributed by atoms with Gasteiger partial charge < -0.3 is 9.47 Å². The summed E-state index contributed by atoms with van der Waals surface area (Å²) in [5.41, 5.74) is 1.17. The van der Waals surface area contributed by atoms with Gasteiger partial charge in [0.25, 0.3) is 0 Å². The van der Waals surface area contributed by atoms with Gasteiger partial charge in [-0.2, -0.15) is 0 Å². The van der Waals surface area contributed by atoms with Crippen molar-refractivity contribution in [3.05, 3.63) is 28.0 Å². The van der Waals surface area contributed by atoms with Crippen LogP contribution in [0.1, 0.15) is 10.4 Å². The SMILES string of the molecule is COC(=O)c1cc2nc(Cl)c(Cl)nc2cc1OC. The molecule has 2 rings (SSSR count). The molecule has 0 fully saturated rings. The summed E-state index contributed by atoms with van der Waals surface area (Å²) in [6.07, 6.45) is 0. The van der Waals surface area contributed by atoms with Gasteiger partial charge in [0, 0.05) is 6.07 Å². The number of ether oxygens (including phenoxy) is 2. The Kier molecular flexibility index (Phi) is 3.54. The van der Waals surface area contributed by atoms with Crippen LogP contribution in [-0.4, -0.2) is 30.2 Å². The highest BCUT2D eigenvalue weighted by Gasteiger charge is 2.16. The number of carbonyl (C=O) groups excluding carboxylic acids is 1. The second-order valence-electron chi connectivity index (χ2n) is 3.34. The van der Waals surface area contributed by atoms with E-state index in [1.165, 1.54) is 20.3 Å². The topological polar surface area (TPSA) is 61.3 Å². The molecular formula is C11H8Cl2N2O3. The Balaban J connectivity index is 2.73. The van der Waals surface area contributed by atoms with Crippen molar-refractivity contribution in [1.29, 1.82) is 0 Å². The molecule has 5 nitrogen and oxygen atoms in total. The van der Waals surface area contributed by atoms with Crippen molar-refractivity contribution in [3.8, 4) is 5.75 Å². The van der Waals surface area contributed by atoms with Crippen molar-refractivity contribution in [3.63, 3.8) is 0 Å². The first kappa shape index (κ1) is 12.9. The molecule has 0 atom stereocenters. The van der Waals surface area contributed by atoms with E-state index in [1.807, 2.05) is 0 Å². The molecule has 1 aromatic carbocycles. The Morgan fingerprint density at radius 3 is 2.17 bits per heavy atom. The first-order valence-electron chi connectivity index (χ1n) is 4.86. The number of aromatic nitrogens is 2. The van der Waals surface area contributed by atoms with Gasteiger partial charge in [-0.05, 0) is 6.07 Å². The van der Waals surface area contributed by atoms with Crippen LogP contribution in [0, 0.1) is 0 Å². The third kappa shape index (κ3) is 2.19. The average Bonchev–Trinajstić information content (AvgIpc) is 2.38. The molecule has 7 heteroatoms. The lowest BCUT2D eigenvalue weighted by Crippen LogP contribution is -2.04. The van der Waals surface area contributed by atoms with Crippen molar-refractivity contribution < 1.29 is 14.3 Å². The molecule has 18 heavy (non-hydrogen) atoms. The maximum absolute atomic E-state index is 11.6. The van der Waals surface area contributed by atoms with E-state index in [-0.39, 0.29) is 15.9 Å². The van der Waals surface area contributed by atoms with E-state index in [0.717, 1.165) is 0 Å². The van der Waals surface area contributed by atoms with Crippen LogP contribution < -0.4 is 4.74 Å². The fourth-order valence-corrected chi connectivity index (χ4v) is 1.75. The molecule has 0 aliphatic carbocycles. The second-order valence-corrected chi connectivity index (χ2v) is 4.05. The van der Waals surface area contributed by atoms with Gasteiger partial charge in [-0.3, -0.25) is 0 Å². The lowest BCUT2D eigenvalue weighted by Gasteiger charge is -2.08. The predicted octanol–water partition coefficient (Wildman–Crippen LogP) is 2.73. The average molecular weight is 287 g/mol. The Labute approximate surface area is 113 Å². The summed E-state index contributed by atoms with van der Waals surface area (Å²) < 4.78 is 9.76. The molecule has 1 heterocycles. The number of carbonyl (C=O) groups is 1. The van der Waals surface area contributed by atoms with Gasteiger partial charge in [-0.1, -0.05) is 23.2 Å². The van der Waals surface area contributed by atoms with E-state index in [1.54, 1.807) is 6.07 Å². The quantitative estimate of drug-likeness (QED) is 0.795. The van der Waals surface area contributed by atoms with Crippen LogP contribution in [-0.2, 0) is 4.74 Å². The zero-order valence-corrected chi connectivity index (χ0v) is 11.0. The number of nitrogens with zero attached hydrogens (tertiary/aromatic N) is 2. The molecule has 2 aromatic rings. The number of fused-ring (bicyclic) bond motifs is 1. The number of halogens is 2. The van der Waals surface area contributed by atoms with Crippen molar-refractivity contribution >= 4 is 40.2 Å². The van der Waals surface area contributed by atoms with Gasteiger partial charge in [0.2, 0.25) is 0 Å². The Hall–Kier alpha value is -1.59. The summed E-state index contributed by atoms with van der Waals surface area (Å²) in [7, 11) is 2.73. The molecule has 0 aliphatic heterocycles. The molecule has 94 valence electrons. The maximum atomic E-state index is 11.6. The molecule has 0 unspecified atom stereocenters. The van der Waals surface area contributed by atoms with Gasteiger partial charge in [0.1, 0.15) is 11.3 Å². The third-order valence-corrected chi connectivity index (χ3v) is 2.93. The Morgan fingerprint density at radius 2 is 1.67 bits per heavy atom.